The molecule has 1 atom stereocenters. The number of H-pyrrole nitrogens is 1. The standard InChI is InChI=1S/C23H21ClN2O/c1-3-23(9-10-23)22(27)26-18-6-4-5-16(12-18)17-11-15(2)7-8-21-19(13-17)20(24)14-25-21/h1,4-6,8,11-15,25H,7,9-10H2,2H3,(H,26,27). The van der Waals surface area contributed by atoms with Gasteiger partial charge < -0.3 is 10.3 Å². The number of anilines is 1. The summed E-state index contributed by atoms with van der Waals surface area (Å²) in [5.74, 6) is 2.94. The van der Waals surface area contributed by atoms with Gasteiger partial charge in [-0.15, -0.1) is 6.42 Å². The second kappa shape index (κ2) is 6.79. The van der Waals surface area contributed by atoms with E-state index in [1.807, 2.05) is 30.5 Å². The van der Waals surface area contributed by atoms with Crippen molar-refractivity contribution < 1.29 is 4.79 Å². The molecule has 2 aliphatic rings. The summed E-state index contributed by atoms with van der Waals surface area (Å²) in [5.41, 5.74) is 2.28. The van der Waals surface area contributed by atoms with Gasteiger partial charge in [-0.3, -0.25) is 4.79 Å². The smallest absolute Gasteiger partial charge is 0.242 e. The van der Waals surface area contributed by atoms with Gasteiger partial charge in [-0.2, -0.15) is 0 Å². The molecule has 2 N–H and O–H groups in total. The monoisotopic (exact) mass is 376 g/mol. The van der Waals surface area contributed by atoms with Gasteiger partial charge in [-0.25, -0.2) is 0 Å². The Hall–Kier alpha value is -2.70. The molecule has 0 saturated heterocycles. The zero-order valence-electron chi connectivity index (χ0n) is 15.2. The Balaban J connectivity index is 1.71. The summed E-state index contributed by atoms with van der Waals surface area (Å²) in [5, 5.41) is 5.73. The van der Waals surface area contributed by atoms with E-state index in [2.05, 4.69) is 41.4 Å². The maximum absolute atomic E-state index is 12.4. The molecule has 2 aromatic rings. The van der Waals surface area contributed by atoms with Crippen molar-refractivity contribution in [2.45, 2.75) is 26.2 Å². The molecule has 1 amide bonds. The van der Waals surface area contributed by atoms with Crippen LogP contribution in [0.2, 0.25) is 5.02 Å². The predicted molar refractivity (Wildman–Crippen MR) is 111 cm³/mol. The fraction of sp³-hybridized carbons (Fsp3) is 0.261. The minimum atomic E-state index is -0.612. The number of carbonyl (C=O) groups excluding carboxylic acids is 1. The van der Waals surface area contributed by atoms with E-state index in [1.54, 1.807) is 0 Å². The number of allylic oxidation sites excluding steroid dienone is 2. The summed E-state index contributed by atoms with van der Waals surface area (Å²) >= 11 is 6.36. The first-order valence-electron chi connectivity index (χ1n) is 9.17. The van der Waals surface area contributed by atoms with E-state index < -0.39 is 5.41 Å². The van der Waals surface area contributed by atoms with Crippen LogP contribution in [0.15, 0.2) is 36.5 Å². The summed E-state index contributed by atoms with van der Waals surface area (Å²) in [6, 6.07) is 7.88. The van der Waals surface area contributed by atoms with E-state index in [0.29, 0.717) is 10.9 Å². The van der Waals surface area contributed by atoms with E-state index in [9.17, 15) is 4.79 Å². The third kappa shape index (κ3) is 3.46. The van der Waals surface area contributed by atoms with Crippen molar-refractivity contribution >= 4 is 40.9 Å². The lowest BCUT2D eigenvalue weighted by atomic mass is 9.96. The number of amides is 1. The molecule has 136 valence electrons. The molecule has 4 heteroatoms. The van der Waals surface area contributed by atoms with Gasteiger partial charge in [0.25, 0.3) is 0 Å². The topological polar surface area (TPSA) is 44.9 Å². The van der Waals surface area contributed by atoms with Crippen LogP contribution in [0.5, 0.6) is 0 Å². The number of hydrogen-bond donors (Lipinski definition) is 2. The van der Waals surface area contributed by atoms with Crippen molar-refractivity contribution in [2.75, 3.05) is 5.32 Å². The lowest BCUT2D eigenvalue weighted by Crippen LogP contribution is -2.24. The van der Waals surface area contributed by atoms with Crippen LogP contribution in [-0.4, -0.2) is 10.9 Å². The number of fused-ring (bicyclic) bond motifs is 1. The second-order valence-corrected chi connectivity index (χ2v) is 7.82. The van der Waals surface area contributed by atoms with Crippen molar-refractivity contribution in [3.05, 3.63) is 57.7 Å². The molecular weight excluding hydrogens is 356 g/mol. The van der Waals surface area contributed by atoms with Crippen molar-refractivity contribution in [3.63, 3.8) is 0 Å². The van der Waals surface area contributed by atoms with Crippen LogP contribution in [-0.2, 0) is 4.79 Å². The highest BCUT2D eigenvalue weighted by Crippen LogP contribution is 2.45. The third-order valence-electron chi connectivity index (χ3n) is 5.27. The molecule has 1 aromatic heterocycles. The average Bonchev–Trinajstić information content (AvgIpc) is 3.38. The average molecular weight is 377 g/mol. The van der Waals surface area contributed by atoms with Crippen LogP contribution in [0.25, 0.3) is 17.7 Å². The van der Waals surface area contributed by atoms with E-state index in [-0.39, 0.29) is 5.91 Å². The minimum absolute atomic E-state index is 0.0864. The summed E-state index contributed by atoms with van der Waals surface area (Å²) in [4.78, 5) is 15.7. The van der Waals surface area contributed by atoms with Gasteiger partial charge in [-0.05, 0) is 54.5 Å². The molecule has 3 nitrogen and oxygen atoms in total. The van der Waals surface area contributed by atoms with Crippen LogP contribution < -0.4 is 15.9 Å². The summed E-state index contributed by atoms with van der Waals surface area (Å²) in [6.45, 7) is 2.19. The first-order chi connectivity index (χ1) is 13.0. The lowest BCUT2D eigenvalue weighted by molar-refractivity contribution is -0.119. The number of hydrogen-bond acceptors (Lipinski definition) is 1. The Kier molecular flexibility index (Phi) is 4.45. The lowest BCUT2D eigenvalue weighted by Gasteiger charge is -2.13. The van der Waals surface area contributed by atoms with Crippen molar-refractivity contribution in [3.8, 4) is 12.3 Å². The molecule has 0 aliphatic heterocycles. The molecule has 1 fully saturated rings. The summed E-state index contributed by atoms with van der Waals surface area (Å²) < 4.78 is 0. The number of aromatic amines is 1. The van der Waals surface area contributed by atoms with Gasteiger partial charge in [0, 0.05) is 22.5 Å². The number of aromatic nitrogens is 1. The van der Waals surface area contributed by atoms with Crippen LogP contribution >= 0.6 is 11.6 Å². The SMILES string of the molecule is C#CC1(C(=O)Nc2cccc(C3=CC(C)CC=c4[nH]cc(Cl)c4=C3)c2)CC1. The second-order valence-electron chi connectivity index (χ2n) is 7.41. The summed E-state index contributed by atoms with van der Waals surface area (Å²) in [7, 11) is 0. The molecule has 1 aromatic carbocycles. The van der Waals surface area contributed by atoms with E-state index in [0.717, 1.165) is 46.7 Å². The fourth-order valence-electron chi connectivity index (χ4n) is 3.39. The van der Waals surface area contributed by atoms with Crippen LogP contribution in [0.3, 0.4) is 0 Å². The number of nitrogens with one attached hydrogen (secondary N) is 2. The Morgan fingerprint density at radius 2 is 2.22 bits per heavy atom. The maximum atomic E-state index is 12.4. The molecule has 1 heterocycles. The van der Waals surface area contributed by atoms with Gasteiger partial charge in [0.2, 0.25) is 5.91 Å². The Bertz CT molecular complexity index is 1100. The Labute approximate surface area is 163 Å². The van der Waals surface area contributed by atoms with Gasteiger partial charge in [0.1, 0.15) is 5.41 Å². The number of rotatable bonds is 3. The van der Waals surface area contributed by atoms with Crippen LogP contribution in [0, 0.1) is 23.7 Å². The Morgan fingerprint density at radius 1 is 1.41 bits per heavy atom. The number of carbonyl (C=O) groups is 1. The number of halogens is 1. The van der Waals surface area contributed by atoms with E-state index >= 15 is 0 Å². The van der Waals surface area contributed by atoms with Crippen molar-refractivity contribution in [1.29, 1.82) is 0 Å². The molecule has 1 saturated carbocycles. The van der Waals surface area contributed by atoms with Gasteiger partial charge >= 0.3 is 0 Å². The first-order valence-corrected chi connectivity index (χ1v) is 9.55. The largest absolute Gasteiger partial charge is 0.360 e. The van der Waals surface area contributed by atoms with E-state index in [4.69, 9.17) is 18.0 Å². The zero-order valence-corrected chi connectivity index (χ0v) is 15.9. The first kappa shape index (κ1) is 17.7. The predicted octanol–water partition coefficient (Wildman–Crippen LogP) is 3.70. The molecule has 1 unspecified atom stereocenters. The van der Waals surface area contributed by atoms with Gasteiger partial charge in [0.15, 0.2) is 0 Å². The molecule has 0 radical (unpaired) electrons. The Morgan fingerprint density at radius 3 is 2.96 bits per heavy atom. The van der Waals surface area contributed by atoms with E-state index in [1.165, 1.54) is 0 Å². The molecule has 27 heavy (non-hydrogen) atoms. The molecule has 2 aliphatic carbocycles. The fourth-order valence-corrected chi connectivity index (χ4v) is 3.60. The highest BCUT2D eigenvalue weighted by Gasteiger charge is 2.48. The maximum Gasteiger partial charge on any atom is 0.242 e. The molecule has 0 bridgehead atoms. The highest BCUT2D eigenvalue weighted by molar-refractivity contribution is 6.30. The van der Waals surface area contributed by atoms with Crippen molar-refractivity contribution in [2.24, 2.45) is 11.3 Å². The number of benzene rings is 1. The molecule has 0 spiro atoms. The highest BCUT2D eigenvalue weighted by atomic mass is 35.5. The van der Waals surface area contributed by atoms with Crippen molar-refractivity contribution in [1.82, 2.24) is 4.98 Å². The normalized spacial score (nSPS) is 19.9. The molecule has 4 rings (SSSR count). The minimum Gasteiger partial charge on any atom is -0.360 e. The zero-order chi connectivity index (χ0) is 19.0. The van der Waals surface area contributed by atoms with Gasteiger partial charge in [0.05, 0.1) is 5.02 Å². The van der Waals surface area contributed by atoms with Gasteiger partial charge in [-0.1, -0.05) is 48.7 Å². The van der Waals surface area contributed by atoms with Crippen LogP contribution in [0.1, 0.15) is 31.7 Å². The van der Waals surface area contributed by atoms with Crippen LogP contribution in [0.4, 0.5) is 5.69 Å². The third-order valence-corrected chi connectivity index (χ3v) is 5.59. The quantitative estimate of drug-likeness (QED) is 0.788. The molecular formula is C23H21ClN2O. The number of terminal acetylenes is 1. The summed E-state index contributed by atoms with van der Waals surface area (Å²) in [6.07, 6.45) is 16.3.